The van der Waals surface area contributed by atoms with Crippen LogP contribution in [0, 0.1) is 11.6 Å². The van der Waals surface area contributed by atoms with E-state index >= 15 is 0 Å². The van der Waals surface area contributed by atoms with E-state index in [-0.39, 0.29) is 13.0 Å². The van der Waals surface area contributed by atoms with Crippen molar-refractivity contribution in [1.29, 1.82) is 0 Å². The minimum atomic E-state index is -1.05. The van der Waals surface area contributed by atoms with Crippen molar-refractivity contribution in [3.05, 3.63) is 136 Å². The molecule has 0 bridgehead atoms. The number of benzene rings is 4. The van der Waals surface area contributed by atoms with Gasteiger partial charge in [-0.1, -0.05) is 69.3 Å². The molecule has 0 radical (unpaired) electrons. The van der Waals surface area contributed by atoms with Crippen molar-refractivity contribution < 1.29 is 18.7 Å². The molecule has 0 aliphatic rings. The molecule has 3 N–H and O–H groups in total. The summed E-state index contributed by atoms with van der Waals surface area (Å²) in [6.45, 7) is 7.05. The second-order valence-electron chi connectivity index (χ2n) is 11.8. The quantitative estimate of drug-likeness (QED) is 0.122. The summed E-state index contributed by atoms with van der Waals surface area (Å²) in [5, 5.41) is 20.2. The average Bonchev–Trinajstić information content (AvgIpc) is 3.59. The fourth-order valence-corrected chi connectivity index (χ4v) is 6.10. The zero-order valence-electron chi connectivity index (χ0n) is 26.3. The van der Waals surface area contributed by atoms with Crippen LogP contribution in [0.15, 0.2) is 96.5 Å². The summed E-state index contributed by atoms with van der Waals surface area (Å²) in [5.41, 5.74) is 6.84. The molecule has 5 aromatic rings. The van der Waals surface area contributed by atoms with Gasteiger partial charge >= 0.3 is 0 Å². The van der Waals surface area contributed by atoms with E-state index in [1.807, 2.05) is 41.8 Å². The maximum atomic E-state index is 14.1. The van der Waals surface area contributed by atoms with Gasteiger partial charge in [0, 0.05) is 41.9 Å². The third-order valence-corrected chi connectivity index (χ3v) is 8.82. The third-order valence-electron chi connectivity index (χ3n) is 8.00. The van der Waals surface area contributed by atoms with Gasteiger partial charge in [-0.2, -0.15) is 0 Å². The fraction of sp³-hybridized carbons (Fsp3) is 0.263. The standard InChI is InChI=1S/C38H39F2N3O2S/c1-4-25-7-5-8-26(13-25)22-41-23-36(44)35(16-27-14-33(39)21-34(40)15-27)43-37(45)31-18-30(19-32(20-31)38-42-11-12-46-38)29-10-6-9-28(17-29)24(2)3/h5-15,17-21,24,35-36,41,44H,4,16,22-23H2,1-3H3,(H,43,45)/t35-,36+/m0/s1. The number of aliphatic hydroxyl groups excluding tert-OH is 1. The first-order chi connectivity index (χ1) is 22.2. The van der Waals surface area contributed by atoms with Gasteiger partial charge in [-0.05, 0) is 82.5 Å². The van der Waals surface area contributed by atoms with Gasteiger partial charge in [0.25, 0.3) is 5.91 Å². The Morgan fingerprint density at radius 3 is 2.33 bits per heavy atom. The lowest BCUT2D eigenvalue weighted by Gasteiger charge is -2.25. The van der Waals surface area contributed by atoms with E-state index in [2.05, 4.69) is 60.7 Å². The maximum absolute atomic E-state index is 14.1. The highest BCUT2D eigenvalue weighted by atomic mass is 32.1. The van der Waals surface area contributed by atoms with Crippen molar-refractivity contribution in [1.82, 2.24) is 15.6 Å². The molecule has 1 heterocycles. The molecular formula is C38H39F2N3O2S. The molecule has 46 heavy (non-hydrogen) atoms. The molecule has 0 saturated carbocycles. The number of nitrogens with one attached hydrogen (secondary N) is 2. The normalized spacial score (nSPS) is 12.7. The number of hydrogen-bond donors (Lipinski definition) is 3. The minimum absolute atomic E-state index is 0.0318. The molecule has 0 spiro atoms. The molecular weight excluding hydrogens is 601 g/mol. The van der Waals surface area contributed by atoms with Gasteiger partial charge in [-0.3, -0.25) is 4.79 Å². The summed E-state index contributed by atoms with van der Waals surface area (Å²) in [7, 11) is 0. The van der Waals surface area contributed by atoms with Crippen molar-refractivity contribution in [3.8, 4) is 21.7 Å². The largest absolute Gasteiger partial charge is 0.390 e. The van der Waals surface area contributed by atoms with E-state index in [0.29, 0.717) is 23.6 Å². The molecule has 5 nitrogen and oxygen atoms in total. The summed E-state index contributed by atoms with van der Waals surface area (Å²) in [4.78, 5) is 18.4. The Bertz CT molecular complexity index is 1750. The lowest BCUT2D eigenvalue weighted by Crippen LogP contribution is -2.48. The number of hydrogen-bond acceptors (Lipinski definition) is 5. The number of carbonyl (C=O) groups excluding carboxylic acids is 1. The van der Waals surface area contributed by atoms with Crippen LogP contribution in [0.25, 0.3) is 21.7 Å². The average molecular weight is 640 g/mol. The number of carbonyl (C=O) groups is 1. The Hall–Kier alpha value is -4.24. The number of thiazole rings is 1. The zero-order valence-corrected chi connectivity index (χ0v) is 27.1. The van der Waals surface area contributed by atoms with Crippen molar-refractivity contribution in [3.63, 3.8) is 0 Å². The Balaban J connectivity index is 1.42. The minimum Gasteiger partial charge on any atom is -0.390 e. The lowest BCUT2D eigenvalue weighted by atomic mass is 9.94. The molecule has 0 aliphatic heterocycles. The van der Waals surface area contributed by atoms with Gasteiger partial charge in [0.1, 0.15) is 16.6 Å². The van der Waals surface area contributed by atoms with E-state index in [4.69, 9.17) is 0 Å². The first kappa shape index (κ1) is 33.1. The SMILES string of the molecule is CCc1cccc(CNC[C@@H](O)[C@H](Cc2cc(F)cc(F)c2)NC(=O)c2cc(-c3cccc(C(C)C)c3)cc(-c3nccs3)c2)c1. The lowest BCUT2D eigenvalue weighted by molar-refractivity contribution is 0.0830. The summed E-state index contributed by atoms with van der Waals surface area (Å²) in [6, 6.07) is 24.5. The number of nitrogens with zero attached hydrogens (tertiary/aromatic N) is 1. The molecule has 2 atom stereocenters. The molecule has 0 unspecified atom stereocenters. The van der Waals surface area contributed by atoms with Crippen molar-refractivity contribution in [2.45, 2.75) is 58.2 Å². The van der Waals surface area contributed by atoms with E-state index < -0.39 is 29.7 Å². The van der Waals surface area contributed by atoms with E-state index in [0.717, 1.165) is 39.7 Å². The third kappa shape index (κ3) is 8.72. The van der Waals surface area contributed by atoms with Crippen LogP contribution in [0.2, 0.25) is 0 Å². The smallest absolute Gasteiger partial charge is 0.251 e. The summed E-state index contributed by atoms with van der Waals surface area (Å²) < 4.78 is 28.2. The molecule has 1 aromatic heterocycles. The van der Waals surface area contributed by atoms with Crippen LogP contribution in [0.3, 0.4) is 0 Å². The van der Waals surface area contributed by atoms with Gasteiger partial charge in [0.2, 0.25) is 0 Å². The number of amides is 1. The number of halogens is 2. The van der Waals surface area contributed by atoms with Crippen molar-refractivity contribution in [2.75, 3.05) is 6.54 Å². The second-order valence-corrected chi connectivity index (χ2v) is 12.7. The van der Waals surface area contributed by atoms with Crippen molar-refractivity contribution >= 4 is 17.2 Å². The highest BCUT2D eigenvalue weighted by Crippen LogP contribution is 2.31. The van der Waals surface area contributed by atoms with Crippen LogP contribution in [0.5, 0.6) is 0 Å². The highest BCUT2D eigenvalue weighted by molar-refractivity contribution is 7.13. The Kier molecular flexibility index (Phi) is 11.1. The number of rotatable bonds is 13. The Morgan fingerprint density at radius 1 is 0.870 bits per heavy atom. The molecule has 0 saturated heterocycles. The number of aliphatic hydroxyl groups is 1. The fourth-order valence-electron chi connectivity index (χ4n) is 5.48. The topological polar surface area (TPSA) is 74.2 Å². The van der Waals surface area contributed by atoms with Crippen LogP contribution < -0.4 is 10.6 Å². The van der Waals surface area contributed by atoms with Crippen LogP contribution in [0.4, 0.5) is 8.78 Å². The summed E-state index contributed by atoms with van der Waals surface area (Å²) >= 11 is 1.48. The molecule has 0 aliphatic carbocycles. The first-order valence-corrected chi connectivity index (χ1v) is 16.4. The maximum Gasteiger partial charge on any atom is 0.251 e. The highest BCUT2D eigenvalue weighted by Gasteiger charge is 2.24. The van der Waals surface area contributed by atoms with E-state index in [1.165, 1.54) is 34.6 Å². The number of aryl methyl sites for hydroxylation is 1. The number of aromatic nitrogens is 1. The molecule has 8 heteroatoms. The summed E-state index contributed by atoms with van der Waals surface area (Å²) in [5.74, 6) is -1.50. The van der Waals surface area contributed by atoms with E-state index in [9.17, 15) is 18.7 Å². The molecule has 0 fully saturated rings. The molecule has 5 rings (SSSR count). The van der Waals surface area contributed by atoms with Gasteiger partial charge < -0.3 is 15.7 Å². The Morgan fingerprint density at radius 2 is 1.61 bits per heavy atom. The van der Waals surface area contributed by atoms with Crippen molar-refractivity contribution in [2.24, 2.45) is 0 Å². The van der Waals surface area contributed by atoms with Gasteiger partial charge in [-0.15, -0.1) is 11.3 Å². The van der Waals surface area contributed by atoms with Crippen LogP contribution in [0.1, 0.15) is 59.3 Å². The predicted molar refractivity (Wildman–Crippen MR) is 182 cm³/mol. The van der Waals surface area contributed by atoms with E-state index in [1.54, 1.807) is 12.3 Å². The van der Waals surface area contributed by atoms with Crippen LogP contribution in [-0.4, -0.2) is 34.7 Å². The molecule has 1 amide bonds. The summed E-state index contributed by atoms with van der Waals surface area (Å²) in [6.07, 6.45) is 1.63. The molecule has 238 valence electrons. The van der Waals surface area contributed by atoms with Crippen LogP contribution in [-0.2, 0) is 19.4 Å². The predicted octanol–water partition coefficient (Wildman–Crippen LogP) is 7.93. The zero-order chi connectivity index (χ0) is 32.6. The van der Waals surface area contributed by atoms with Gasteiger partial charge in [0.05, 0.1) is 12.1 Å². The second kappa shape index (κ2) is 15.4. The van der Waals surface area contributed by atoms with Crippen LogP contribution >= 0.6 is 11.3 Å². The van der Waals surface area contributed by atoms with Gasteiger partial charge in [0.15, 0.2) is 0 Å². The monoisotopic (exact) mass is 639 g/mol. The molecule has 4 aromatic carbocycles. The Labute approximate surface area is 273 Å². The first-order valence-electron chi connectivity index (χ1n) is 15.6. The van der Waals surface area contributed by atoms with Gasteiger partial charge in [-0.25, -0.2) is 13.8 Å².